The molecule has 0 saturated heterocycles. The zero-order valence-corrected chi connectivity index (χ0v) is 18.6. The van der Waals surface area contributed by atoms with E-state index in [9.17, 15) is 9.18 Å². The summed E-state index contributed by atoms with van der Waals surface area (Å²) in [6.45, 7) is 4.50. The van der Waals surface area contributed by atoms with E-state index in [4.69, 9.17) is 4.74 Å². The maximum Gasteiger partial charge on any atom is 0.234 e. The number of benzene rings is 3. The van der Waals surface area contributed by atoms with Crippen LogP contribution in [0, 0.1) is 5.82 Å². The van der Waals surface area contributed by atoms with Crippen molar-refractivity contribution in [2.75, 3.05) is 17.7 Å². The molecule has 31 heavy (non-hydrogen) atoms. The number of fused-ring (bicyclic) bond motifs is 1. The number of anilines is 1. The molecule has 1 amide bonds. The van der Waals surface area contributed by atoms with Gasteiger partial charge in [0.2, 0.25) is 5.91 Å². The van der Waals surface area contributed by atoms with Crippen molar-refractivity contribution >= 4 is 23.4 Å². The number of amides is 1. The van der Waals surface area contributed by atoms with Crippen LogP contribution in [0.15, 0.2) is 71.6 Å². The van der Waals surface area contributed by atoms with Gasteiger partial charge in [0.1, 0.15) is 11.6 Å². The minimum Gasteiger partial charge on any atom is -0.494 e. The Labute approximate surface area is 187 Å². The Kier molecular flexibility index (Phi) is 6.33. The van der Waals surface area contributed by atoms with Gasteiger partial charge in [0.25, 0.3) is 0 Å². The minimum atomic E-state index is -0.521. The molecule has 3 nitrogen and oxygen atoms in total. The molecule has 0 fully saturated rings. The second-order valence-corrected chi connectivity index (χ2v) is 9.36. The second-order valence-electron chi connectivity index (χ2n) is 8.19. The molecule has 5 heteroatoms. The third-order valence-electron chi connectivity index (χ3n) is 5.60. The van der Waals surface area contributed by atoms with Crippen LogP contribution in [0.1, 0.15) is 32.3 Å². The maximum atomic E-state index is 13.9. The minimum absolute atomic E-state index is 0.0265. The van der Waals surface area contributed by atoms with Crippen LogP contribution in [0.2, 0.25) is 0 Å². The highest BCUT2D eigenvalue weighted by Crippen LogP contribution is 2.39. The summed E-state index contributed by atoms with van der Waals surface area (Å²) in [5.41, 5.74) is 2.87. The molecule has 1 heterocycles. The van der Waals surface area contributed by atoms with Crippen LogP contribution in [0.3, 0.4) is 0 Å². The Morgan fingerprint density at radius 3 is 2.55 bits per heavy atom. The van der Waals surface area contributed by atoms with E-state index in [0.717, 1.165) is 41.2 Å². The third kappa shape index (κ3) is 4.77. The van der Waals surface area contributed by atoms with Gasteiger partial charge in [0.05, 0.1) is 12.0 Å². The molecule has 0 spiro atoms. The van der Waals surface area contributed by atoms with E-state index in [-0.39, 0.29) is 11.7 Å². The number of hydrogen-bond acceptors (Lipinski definition) is 3. The quantitative estimate of drug-likeness (QED) is 0.317. The Morgan fingerprint density at radius 1 is 1.00 bits per heavy atom. The van der Waals surface area contributed by atoms with Crippen LogP contribution in [0.5, 0.6) is 5.75 Å². The van der Waals surface area contributed by atoms with Gasteiger partial charge >= 0.3 is 0 Å². The van der Waals surface area contributed by atoms with Crippen molar-refractivity contribution in [3.8, 4) is 16.9 Å². The molecule has 0 atom stereocenters. The first kappa shape index (κ1) is 21.4. The van der Waals surface area contributed by atoms with Crippen LogP contribution in [0.4, 0.5) is 10.1 Å². The molecule has 4 rings (SSSR count). The Balaban J connectivity index is 1.21. The fourth-order valence-electron chi connectivity index (χ4n) is 3.65. The smallest absolute Gasteiger partial charge is 0.234 e. The number of nitrogens with one attached hydrogen (secondary N) is 1. The van der Waals surface area contributed by atoms with Gasteiger partial charge in [0.15, 0.2) is 0 Å². The molecule has 1 aliphatic heterocycles. The van der Waals surface area contributed by atoms with Gasteiger partial charge in [-0.05, 0) is 80.0 Å². The number of carbonyl (C=O) groups excluding carboxylic acids is 1. The predicted molar refractivity (Wildman–Crippen MR) is 125 cm³/mol. The number of unbranched alkanes of at least 4 members (excludes halogenated alkanes) is 1. The average Bonchev–Trinajstić information content (AvgIpc) is 3.00. The normalized spacial score (nSPS) is 14.2. The first-order chi connectivity index (χ1) is 14.9. The topological polar surface area (TPSA) is 38.3 Å². The molecular weight excluding hydrogens is 409 g/mol. The van der Waals surface area contributed by atoms with E-state index in [2.05, 4.69) is 5.32 Å². The van der Waals surface area contributed by atoms with Crippen LogP contribution in [0.25, 0.3) is 11.1 Å². The molecule has 3 aromatic rings. The van der Waals surface area contributed by atoms with Crippen molar-refractivity contribution < 1.29 is 13.9 Å². The average molecular weight is 436 g/mol. The lowest BCUT2D eigenvalue weighted by atomic mass is 9.86. The number of ether oxygens (including phenoxy) is 1. The molecule has 1 aliphatic rings. The molecule has 0 radical (unpaired) electrons. The lowest BCUT2D eigenvalue weighted by Gasteiger charge is -2.16. The molecule has 0 aromatic heterocycles. The Morgan fingerprint density at radius 2 is 1.77 bits per heavy atom. The maximum absolute atomic E-state index is 13.9. The first-order valence-electron chi connectivity index (χ1n) is 10.5. The number of thioether (sulfide) groups is 1. The van der Waals surface area contributed by atoms with Gasteiger partial charge in [-0.3, -0.25) is 4.79 Å². The lowest BCUT2D eigenvalue weighted by molar-refractivity contribution is -0.119. The van der Waals surface area contributed by atoms with Crippen molar-refractivity contribution in [2.24, 2.45) is 0 Å². The van der Waals surface area contributed by atoms with E-state index >= 15 is 0 Å². The van der Waals surface area contributed by atoms with Crippen molar-refractivity contribution in [3.63, 3.8) is 0 Å². The zero-order chi connectivity index (χ0) is 21.8. The fraction of sp³-hybridized carbons (Fsp3) is 0.269. The summed E-state index contributed by atoms with van der Waals surface area (Å²) in [5, 5.41) is 2.91. The summed E-state index contributed by atoms with van der Waals surface area (Å²) in [4.78, 5) is 13.2. The summed E-state index contributed by atoms with van der Waals surface area (Å²) in [7, 11) is 0. The van der Waals surface area contributed by atoms with Crippen molar-refractivity contribution in [1.82, 2.24) is 0 Å². The van der Waals surface area contributed by atoms with Crippen LogP contribution in [-0.4, -0.2) is 18.3 Å². The predicted octanol–water partition coefficient (Wildman–Crippen LogP) is 6.67. The number of hydrogen-bond donors (Lipinski definition) is 1. The summed E-state index contributed by atoms with van der Waals surface area (Å²) >= 11 is 1.80. The van der Waals surface area contributed by atoms with Gasteiger partial charge in [0, 0.05) is 16.1 Å². The van der Waals surface area contributed by atoms with Crippen LogP contribution < -0.4 is 10.1 Å². The van der Waals surface area contributed by atoms with Gasteiger partial charge in [-0.1, -0.05) is 30.3 Å². The molecule has 160 valence electrons. The van der Waals surface area contributed by atoms with Crippen LogP contribution in [-0.2, 0) is 10.2 Å². The number of carbonyl (C=O) groups is 1. The second kappa shape index (κ2) is 9.15. The Bertz CT molecular complexity index is 1080. The molecular formula is C26H26FNO2S. The standard InChI is InChI=1S/C26H26FNO2S/c1-26(2)22-17-19(11-14-24(22)28-25(26)29)30-15-5-6-16-31-20-12-9-18(10-13-20)21-7-3-4-8-23(21)27/h3-4,7-14,17H,5-6,15-16H2,1-2H3,(H,28,29). The summed E-state index contributed by atoms with van der Waals surface area (Å²) in [6.07, 6.45) is 1.99. The highest BCUT2D eigenvalue weighted by Gasteiger charge is 2.38. The monoisotopic (exact) mass is 435 g/mol. The summed E-state index contributed by atoms with van der Waals surface area (Å²) < 4.78 is 19.8. The fourth-order valence-corrected chi connectivity index (χ4v) is 4.56. The van der Waals surface area contributed by atoms with E-state index in [1.165, 1.54) is 11.0 Å². The molecule has 0 aliphatic carbocycles. The highest BCUT2D eigenvalue weighted by molar-refractivity contribution is 7.99. The van der Waals surface area contributed by atoms with Crippen molar-refractivity contribution in [2.45, 2.75) is 37.0 Å². The van der Waals surface area contributed by atoms with Crippen molar-refractivity contribution in [1.29, 1.82) is 0 Å². The lowest BCUT2D eigenvalue weighted by Crippen LogP contribution is -2.26. The molecule has 0 unspecified atom stereocenters. The van der Waals surface area contributed by atoms with E-state index < -0.39 is 5.41 Å². The number of halogens is 1. The van der Waals surface area contributed by atoms with Crippen molar-refractivity contribution in [3.05, 3.63) is 78.1 Å². The van der Waals surface area contributed by atoms with Gasteiger partial charge in [-0.2, -0.15) is 0 Å². The van der Waals surface area contributed by atoms with Gasteiger partial charge in [-0.25, -0.2) is 4.39 Å². The van der Waals surface area contributed by atoms with Gasteiger partial charge < -0.3 is 10.1 Å². The molecule has 1 N–H and O–H groups in total. The molecule has 0 saturated carbocycles. The number of rotatable bonds is 8. The molecule has 3 aromatic carbocycles. The Hall–Kier alpha value is -2.79. The summed E-state index contributed by atoms with van der Waals surface area (Å²) in [6, 6.07) is 20.7. The van der Waals surface area contributed by atoms with E-state index in [1.807, 2.05) is 62.4 Å². The molecule has 0 bridgehead atoms. The highest BCUT2D eigenvalue weighted by atomic mass is 32.2. The zero-order valence-electron chi connectivity index (χ0n) is 17.8. The van der Waals surface area contributed by atoms with E-state index in [0.29, 0.717) is 12.2 Å². The van der Waals surface area contributed by atoms with E-state index in [1.54, 1.807) is 23.9 Å². The van der Waals surface area contributed by atoms with Crippen LogP contribution >= 0.6 is 11.8 Å². The first-order valence-corrected chi connectivity index (χ1v) is 11.5. The van der Waals surface area contributed by atoms with Gasteiger partial charge in [-0.15, -0.1) is 11.8 Å². The largest absolute Gasteiger partial charge is 0.494 e. The third-order valence-corrected chi connectivity index (χ3v) is 6.69. The SMILES string of the molecule is CC1(C)C(=O)Nc2ccc(OCCCCSc3ccc(-c4ccccc4F)cc3)cc21. The summed E-state index contributed by atoms with van der Waals surface area (Å²) in [5.74, 6) is 1.63.